The average molecular weight is 340 g/mol. The van der Waals surface area contributed by atoms with Crippen LogP contribution in [0.15, 0.2) is 29.2 Å². The standard InChI is InChI=1S/C17H28N2O3S/c1-17(2,3)14-6-8-15(9-7-14)23(21,22)13-10-16(20)18-11-12-19(4)5/h6-9H,10-13H2,1-5H3,(H,18,20). The third-order valence-electron chi connectivity index (χ3n) is 3.56. The Morgan fingerprint density at radius 1 is 1.13 bits per heavy atom. The Balaban J connectivity index is 2.61. The maximum atomic E-state index is 12.3. The number of hydrogen-bond acceptors (Lipinski definition) is 4. The number of benzene rings is 1. The van der Waals surface area contributed by atoms with Crippen molar-refractivity contribution in [2.75, 3.05) is 32.9 Å². The zero-order chi connectivity index (χ0) is 17.7. The molecule has 0 aromatic heterocycles. The second-order valence-corrected chi connectivity index (χ2v) is 9.11. The van der Waals surface area contributed by atoms with Gasteiger partial charge in [-0.05, 0) is 37.2 Å². The van der Waals surface area contributed by atoms with Crippen molar-refractivity contribution in [1.29, 1.82) is 0 Å². The van der Waals surface area contributed by atoms with Crippen molar-refractivity contribution in [3.63, 3.8) is 0 Å². The predicted molar refractivity (Wildman–Crippen MR) is 93.4 cm³/mol. The van der Waals surface area contributed by atoms with Crippen LogP contribution in [0.5, 0.6) is 0 Å². The van der Waals surface area contributed by atoms with E-state index in [0.29, 0.717) is 6.54 Å². The van der Waals surface area contributed by atoms with Gasteiger partial charge in [0.05, 0.1) is 10.6 Å². The number of sulfone groups is 1. The monoisotopic (exact) mass is 340 g/mol. The van der Waals surface area contributed by atoms with Crippen molar-refractivity contribution >= 4 is 15.7 Å². The molecule has 0 spiro atoms. The SMILES string of the molecule is CN(C)CCNC(=O)CCS(=O)(=O)c1ccc(C(C)(C)C)cc1. The number of nitrogens with zero attached hydrogens (tertiary/aromatic N) is 1. The van der Waals surface area contributed by atoms with Crippen molar-refractivity contribution in [3.8, 4) is 0 Å². The Morgan fingerprint density at radius 3 is 2.17 bits per heavy atom. The molecular formula is C17H28N2O3S. The van der Waals surface area contributed by atoms with Gasteiger partial charge in [-0.15, -0.1) is 0 Å². The summed E-state index contributed by atoms with van der Waals surface area (Å²) in [6, 6.07) is 6.92. The molecule has 0 saturated heterocycles. The molecule has 1 rings (SSSR count). The summed E-state index contributed by atoms with van der Waals surface area (Å²) in [5.41, 5.74) is 1.06. The minimum atomic E-state index is -3.43. The highest BCUT2D eigenvalue weighted by molar-refractivity contribution is 7.91. The molecule has 1 aromatic carbocycles. The van der Waals surface area contributed by atoms with E-state index < -0.39 is 9.84 Å². The normalized spacial score (nSPS) is 12.4. The molecule has 0 aliphatic carbocycles. The van der Waals surface area contributed by atoms with Crippen LogP contribution in [0, 0.1) is 0 Å². The van der Waals surface area contributed by atoms with Gasteiger partial charge in [-0.3, -0.25) is 4.79 Å². The maximum Gasteiger partial charge on any atom is 0.221 e. The summed E-state index contributed by atoms with van der Waals surface area (Å²) < 4.78 is 24.6. The molecule has 0 fully saturated rings. The van der Waals surface area contributed by atoms with Crippen LogP contribution in [0.25, 0.3) is 0 Å². The van der Waals surface area contributed by atoms with Crippen molar-refractivity contribution < 1.29 is 13.2 Å². The molecule has 0 atom stereocenters. The summed E-state index contributed by atoms with van der Waals surface area (Å²) in [7, 11) is 0.399. The van der Waals surface area contributed by atoms with Gasteiger partial charge in [0, 0.05) is 19.5 Å². The van der Waals surface area contributed by atoms with E-state index in [1.165, 1.54) is 0 Å². The molecule has 0 radical (unpaired) electrons. The minimum Gasteiger partial charge on any atom is -0.355 e. The summed E-state index contributed by atoms with van der Waals surface area (Å²) in [6.07, 6.45) is -0.0171. The first-order valence-electron chi connectivity index (χ1n) is 7.77. The molecule has 0 saturated carbocycles. The van der Waals surface area contributed by atoms with Gasteiger partial charge in [0.25, 0.3) is 0 Å². The van der Waals surface area contributed by atoms with E-state index in [2.05, 4.69) is 26.1 Å². The predicted octanol–water partition coefficient (Wildman–Crippen LogP) is 1.83. The van der Waals surface area contributed by atoms with Gasteiger partial charge in [-0.25, -0.2) is 8.42 Å². The number of hydrogen-bond donors (Lipinski definition) is 1. The lowest BCUT2D eigenvalue weighted by Crippen LogP contribution is -2.32. The third kappa shape index (κ3) is 6.71. The van der Waals surface area contributed by atoms with E-state index in [9.17, 15) is 13.2 Å². The van der Waals surface area contributed by atoms with Crippen molar-refractivity contribution in [2.24, 2.45) is 0 Å². The van der Waals surface area contributed by atoms with E-state index in [1.807, 2.05) is 31.1 Å². The van der Waals surface area contributed by atoms with Crippen LogP contribution in [0.1, 0.15) is 32.8 Å². The highest BCUT2D eigenvalue weighted by atomic mass is 32.2. The molecule has 130 valence electrons. The zero-order valence-corrected chi connectivity index (χ0v) is 15.5. The Bertz CT molecular complexity index is 614. The van der Waals surface area contributed by atoms with Crippen LogP contribution in [0.3, 0.4) is 0 Å². The Hall–Kier alpha value is -1.40. The first-order valence-corrected chi connectivity index (χ1v) is 9.42. The number of nitrogens with one attached hydrogen (secondary N) is 1. The lowest BCUT2D eigenvalue weighted by molar-refractivity contribution is -0.120. The Morgan fingerprint density at radius 2 is 1.70 bits per heavy atom. The van der Waals surface area contributed by atoms with Gasteiger partial charge in [0.2, 0.25) is 5.91 Å². The molecule has 1 amide bonds. The van der Waals surface area contributed by atoms with E-state index in [-0.39, 0.29) is 28.4 Å². The molecule has 0 aliphatic rings. The van der Waals surface area contributed by atoms with Crippen LogP contribution in [-0.2, 0) is 20.0 Å². The second kappa shape index (κ2) is 7.93. The van der Waals surface area contributed by atoms with Crippen molar-refractivity contribution in [2.45, 2.75) is 37.5 Å². The number of carbonyl (C=O) groups is 1. The fourth-order valence-corrected chi connectivity index (χ4v) is 3.26. The molecule has 0 unspecified atom stereocenters. The average Bonchev–Trinajstić information content (AvgIpc) is 2.44. The fourth-order valence-electron chi connectivity index (χ4n) is 2.01. The summed E-state index contributed by atoms with van der Waals surface area (Å²) in [5, 5.41) is 2.72. The lowest BCUT2D eigenvalue weighted by Gasteiger charge is -2.19. The maximum absolute atomic E-state index is 12.3. The molecule has 6 heteroatoms. The van der Waals surface area contributed by atoms with Crippen molar-refractivity contribution in [3.05, 3.63) is 29.8 Å². The molecule has 1 aromatic rings. The number of amides is 1. The number of rotatable bonds is 7. The molecule has 0 heterocycles. The van der Waals surface area contributed by atoms with Crippen LogP contribution in [0.2, 0.25) is 0 Å². The van der Waals surface area contributed by atoms with Crippen molar-refractivity contribution in [1.82, 2.24) is 10.2 Å². The summed E-state index contributed by atoms with van der Waals surface area (Å²) in [4.78, 5) is 13.9. The fraction of sp³-hybridized carbons (Fsp3) is 0.588. The smallest absolute Gasteiger partial charge is 0.221 e. The minimum absolute atomic E-state index is 0.0171. The summed E-state index contributed by atoms with van der Waals surface area (Å²) >= 11 is 0. The van der Waals surface area contributed by atoms with Gasteiger partial charge < -0.3 is 10.2 Å². The first-order chi connectivity index (χ1) is 10.5. The van der Waals surface area contributed by atoms with Gasteiger partial charge in [0.15, 0.2) is 9.84 Å². The Labute approximate surface area is 140 Å². The number of carbonyl (C=O) groups excluding carboxylic acids is 1. The van der Waals surface area contributed by atoms with Crippen LogP contribution in [-0.4, -0.2) is 52.2 Å². The highest BCUT2D eigenvalue weighted by Crippen LogP contribution is 2.23. The summed E-state index contributed by atoms with van der Waals surface area (Å²) in [5.74, 6) is -0.405. The van der Waals surface area contributed by atoms with Gasteiger partial charge in [-0.1, -0.05) is 32.9 Å². The Kier molecular flexibility index (Phi) is 6.77. The van der Waals surface area contributed by atoms with Crippen LogP contribution < -0.4 is 5.32 Å². The van der Waals surface area contributed by atoms with Crippen LogP contribution >= 0.6 is 0 Å². The second-order valence-electron chi connectivity index (χ2n) is 7.00. The van der Waals surface area contributed by atoms with E-state index in [4.69, 9.17) is 0 Å². The van der Waals surface area contributed by atoms with E-state index >= 15 is 0 Å². The van der Waals surface area contributed by atoms with Gasteiger partial charge in [0.1, 0.15) is 0 Å². The molecule has 23 heavy (non-hydrogen) atoms. The topological polar surface area (TPSA) is 66.5 Å². The number of likely N-dealkylation sites (N-methyl/N-ethyl adjacent to an activating group) is 1. The van der Waals surface area contributed by atoms with Gasteiger partial charge in [-0.2, -0.15) is 0 Å². The molecule has 5 nitrogen and oxygen atoms in total. The molecule has 1 N–H and O–H groups in total. The van der Waals surface area contributed by atoms with E-state index in [0.717, 1.165) is 12.1 Å². The largest absolute Gasteiger partial charge is 0.355 e. The molecule has 0 aliphatic heterocycles. The summed E-state index contributed by atoms with van der Waals surface area (Å²) in [6.45, 7) is 7.48. The lowest BCUT2D eigenvalue weighted by atomic mass is 9.87. The molecule has 0 bridgehead atoms. The third-order valence-corrected chi connectivity index (χ3v) is 5.29. The zero-order valence-electron chi connectivity index (χ0n) is 14.7. The van der Waals surface area contributed by atoms with Crippen LogP contribution in [0.4, 0.5) is 0 Å². The highest BCUT2D eigenvalue weighted by Gasteiger charge is 2.18. The molecular weight excluding hydrogens is 312 g/mol. The quantitative estimate of drug-likeness (QED) is 0.822. The van der Waals surface area contributed by atoms with Gasteiger partial charge >= 0.3 is 0 Å². The van der Waals surface area contributed by atoms with E-state index in [1.54, 1.807) is 12.1 Å². The first kappa shape index (κ1) is 19.6.